The van der Waals surface area contributed by atoms with Crippen LogP contribution in [0.1, 0.15) is 11.7 Å². The highest BCUT2D eigenvalue weighted by Crippen LogP contribution is 2.26. The zero-order chi connectivity index (χ0) is 9.84. The van der Waals surface area contributed by atoms with Crippen molar-refractivity contribution in [1.82, 2.24) is 5.32 Å². The fourth-order valence-electron chi connectivity index (χ4n) is 1.10. The van der Waals surface area contributed by atoms with E-state index in [1.54, 1.807) is 25.2 Å². The Hall–Kier alpha value is -0.580. The molecule has 1 atom stereocenters. The van der Waals surface area contributed by atoms with E-state index in [0.29, 0.717) is 12.1 Å². The number of rotatable bonds is 3. The van der Waals surface area contributed by atoms with Crippen molar-refractivity contribution in [1.29, 1.82) is 0 Å². The number of hydrogen-bond acceptors (Lipinski definition) is 3. The molecule has 0 radical (unpaired) electrons. The first-order chi connectivity index (χ1) is 6.15. The third-order valence-corrected chi connectivity index (χ3v) is 2.24. The van der Waals surface area contributed by atoms with Gasteiger partial charge in [0.2, 0.25) is 0 Å². The van der Waals surface area contributed by atoms with Gasteiger partial charge in [0.15, 0.2) is 0 Å². The lowest BCUT2D eigenvalue weighted by Gasteiger charge is -2.11. The smallest absolute Gasteiger partial charge is 0.122 e. The van der Waals surface area contributed by atoms with Gasteiger partial charge in [0.25, 0.3) is 0 Å². The molecule has 1 aromatic rings. The van der Waals surface area contributed by atoms with Crippen LogP contribution in [0.2, 0.25) is 0 Å². The summed E-state index contributed by atoms with van der Waals surface area (Å²) in [7, 11) is 1.75. The molecule has 1 rings (SSSR count). The minimum atomic E-state index is -0.668. The topological polar surface area (TPSA) is 52.5 Å². The molecular weight excluding hydrogens is 234 g/mol. The van der Waals surface area contributed by atoms with E-state index in [0.717, 1.165) is 4.47 Å². The highest BCUT2D eigenvalue weighted by Gasteiger charge is 2.10. The Labute approximate surface area is 85.5 Å². The molecule has 0 saturated heterocycles. The van der Waals surface area contributed by atoms with E-state index < -0.39 is 6.10 Å². The first-order valence-electron chi connectivity index (χ1n) is 3.96. The lowest BCUT2D eigenvalue weighted by Crippen LogP contribution is -2.16. The molecule has 0 fully saturated rings. The molecule has 0 spiro atoms. The maximum atomic E-state index is 9.55. The number of likely N-dealkylation sites (N-methyl/N-ethyl adjacent to an activating group) is 1. The van der Waals surface area contributed by atoms with Crippen LogP contribution >= 0.6 is 15.9 Å². The van der Waals surface area contributed by atoms with Crippen molar-refractivity contribution in [2.75, 3.05) is 13.6 Å². The van der Waals surface area contributed by atoms with E-state index in [9.17, 15) is 10.2 Å². The van der Waals surface area contributed by atoms with Gasteiger partial charge >= 0.3 is 0 Å². The standard InChI is InChI=1S/C9H12BrNO2/c1-11-5-9(13)7-3-2-6(10)4-8(7)12/h2-4,9,11-13H,5H2,1H3. The minimum absolute atomic E-state index is 0.108. The Balaban J connectivity index is 2.88. The lowest BCUT2D eigenvalue weighted by atomic mass is 10.1. The highest BCUT2D eigenvalue weighted by molar-refractivity contribution is 9.10. The van der Waals surface area contributed by atoms with Crippen molar-refractivity contribution >= 4 is 15.9 Å². The lowest BCUT2D eigenvalue weighted by molar-refractivity contribution is 0.174. The first-order valence-corrected chi connectivity index (χ1v) is 4.75. The number of hydrogen-bond donors (Lipinski definition) is 3. The molecule has 0 heterocycles. The van der Waals surface area contributed by atoms with Gasteiger partial charge in [-0.15, -0.1) is 0 Å². The van der Waals surface area contributed by atoms with E-state index >= 15 is 0 Å². The van der Waals surface area contributed by atoms with Crippen molar-refractivity contribution in [3.05, 3.63) is 28.2 Å². The van der Waals surface area contributed by atoms with Crippen molar-refractivity contribution in [2.24, 2.45) is 0 Å². The van der Waals surface area contributed by atoms with Gasteiger partial charge in [0.1, 0.15) is 5.75 Å². The van der Waals surface area contributed by atoms with Crippen LogP contribution in [-0.2, 0) is 0 Å². The molecule has 3 nitrogen and oxygen atoms in total. The average Bonchev–Trinajstić information content (AvgIpc) is 2.04. The second kappa shape index (κ2) is 4.60. The molecule has 72 valence electrons. The summed E-state index contributed by atoms with van der Waals surface area (Å²) in [6.07, 6.45) is -0.668. The fourth-order valence-corrected chi connectivity index (χ4v) is 1.45. The summed E-state index contributed by atoms with van der Waals surface area (Å²) < 4.78 is 0.797. The maximum Gasteiger partial charge on any atom is 0.122 e. The molecule has 0 aliphatic heterocycles. The number of phenols is 1. The van der Waals surface area contributed by atoms with Gasteiger partial charge in [-0.05, 0) is 19.2 Å². The number of halogens is 1. The Morgan fingerprint density at radius 1 is 1.54 bits per heavy atom. The summed E-state index contributed by atoms with van der Waals surface area (Å²) in [5.41, 5.74) is 0.539. The molecule has 0 aliphatic rings. The van der Waals surface area contributed by atoms with Crippen molar-refractivity contribution in [3.63, 3.8) is 0 Å². The third-order valence-electron chi connectivity index (χ3n) is 1.75. The van der Waals surface area contributed by atoms with Crippen molar-refractivity contribution in [2.45, 2.75) is 6.10 Å². The molecule has 1 aromatic carbocycles. The van der Waals surface area contributed by atoms with Crippen LogP contribution in [0.5, 0.6) is 5.75 Å². The molecule has 0 aromatic heterocycles. The predicted molar refractivity (Wildman–Crippen MR) is 54.7 cm³/mol. The van der Waals surface area contributed by atoms with Gasteiger partial charge in [-0.2, -0.15) is 0 Å². The van der Waals surface area contributed by atoms with Gasteiger partial charge in [-0.3, -0.25) is 0 Å². The predicted octanol–water partition coefficient (Wildman–Crippen LogP) is 1.41. The zero-order valence-electron chi connectivity index (χ0n) is 7.29. The van der Waals surface area contributed by atoms with Gasteiger partial charge in [0.05, 0.1) is 6.10 Å². The quantitative estimate of drug-likeness (QED) is 0.755. The van der Waals surface area contributed by atoms with Crippen molar-refractivity contribution < 1.29 is 10.2 Å². The average molecular weight is 246 g/mol. The number of aliphatic hydroxyl groups excluding tert-OH is 1. The van der Waals surface area contributed by atoms with Crippen molar-refractivity contribution in [3.8, 4) is 5.75 Å². The maximum absolute atomic E-state index is 9.55. The van der Waals surface area contributed by atoms with Crippen LogP contribution in [0.4, 0.5) is 0 Å². The summed E-state index contributed by atoms with van der Waals surface area (Å²) in [5, 5.41) is 21.9. The molecule has 3 N–H and O–H groups in total. The van der Waals surface area contributed by atoms with Gasteiger partial charge in [0, 0.05) is 16.6 Å². The van der Waals surface area contributed by atoms with Gasteiger partial charge in [-0.25, -0.2) is 0 Å². The largest absolute Gasteiger partial charge is 0.508 e. The van der Waals surface area contributed by atoms with Crippen LogP contribution in [0.3, 0.4) is 0 Å². The van der Waals surface area contributed by atoms with E-state index in [2.05, 4.69) is 21.2 Å². The Morgan fingerprint density at radius 3 is 2.77 bits per heavy atom. The minimum Gasteiger partial charge on any atom is -0.508 e. The summed E-state index contributed by atoms with van der Waals surface area (Å²) >= 11 is 3.23. The molecule has 4 heteroatoms. The number of phenolic OH excluding ortho intramolecular Hbond substituents is 1. The van der Waals surface area contributed by atoms with E-state index in [4.69, 9.17) is 0 Å². The van der Waals surface area contributed by atoms with Gasteiger partial charge < -0.3 is 15.5 Å². The summed E-state index contributed by atoms with van der Waals surface area (Å²) in [6, 6.07) is 5.05. The molecule has 0 bridgehead atoms. The van der Waals surface area contributed by atoms with Crippen LogP contribution in [-0.4, -0.2) is 23.8 Å². The molecule has 1 unspecified atom stereocenters. The molecular formula is C9H12BrNO2. The normalized spacial score (nSPS) is 12.8. The Morgan fingerprint density at radius 2 is 2.23 bits per heavy atom. The molecule has 0 aliphatic carbocycles. The summed E-state index contributed by atoms with van der Waals surface area (Å²) in [4.78, 5) is 0. The molecule has 13 heavy (non-hydrogen) atoms. The van der Waals surface area contributed by atoms with Crippen LogP contribution in [0.15, 0.2) is 22.7 Å². The number of nitrogens with one attached hydrogen (secondary N) is 1. The number of aliphatic hydroxyl groups is 1. The second-order valence-corrected chi connectivity index (χ2v) is 3.69. The Kier molecular flexibility index (Phi) is 3.71. The third kappa shape index (κ3) is 2.69. The van der Waals surface area contributed by atoms with E-state index in [-0.39, 0.29) is 5.75 Å². The van der Waals surface area contributed by atoms with Crippen LogP contribution in [0, 0.1) is 0 Å². The number of benzene rings is 1. The Bertz CT molecular complexity index is 291. The highest BCUT2D eigenvalue weighted by atomic mass is 79.9. The van der Waals surface area contributed by atoms with E-state index in [1.807, 2.05) is 0 Å². The number of aromatic hydroxyl groups is 1. The fraction of sp³-hybridized carbons (Fsp3) is 0.333. The second-order valence-electron chi connectivity index (χ2n) is 2.78. The van der Waals surface area contributed by atoms with Crippen LogP contribution in [0.25, 0.3) is 0 Å². The first kappa shape index (κ1) is 10.5. The SMILES string of the molecule is CNCC(O)c1ccc(Br)cc1O. The summed E-state index contributed by atoms with van der Waals surface area (Å²) in [6.45, 7) is 0.426. The zero-order valence-corrected chi connectivity index (χ0v) is 8.87. The summed E-state index contributed by atoms with van der Waals surface area (Å²) in [5.74, 6) is 0.108. The van der Waals surface area contributed by atoms with Crippen LogP contribution < -0.4 is 5.32 Å². The molecule has 0 saturated carbocycles. The van der Waals surface area contributed by atoms with E-state index in [1.165, 1.54) is 0 Å². The monoisotopic (exact) mass is 245 g/mol. The molecule has 0 amide bonds. The van der Waals surface area contributed by atoms with Gasteiger partial charge in [-0.1, -0.05) is 22.0 Å².